The molecule has 1 aromatic heterocycles. The lowest BCUT2D eigenvalue weighted by Crippen LogP contribution is -2.47. The molecule has 3 N–H and O–H groups in total. The molecular formula is C25H22F3N5O2. The molecule has 0 bridgehead atoms. The Balaban J connectivity index is 1.66. The van der Waals surface area contributed by atoms with Gasteiger partial charge in [0.25, 0.3) is 5.56 Å². The zero-order valence-corrected chi connectivity index (χ0v) is 18.8. The zero-order chi connectivity index (χ0) is 25.3. The van der Waals surface area contributed by atoms with Gasteiger partial charge in [-0.15, -0.1) is 0 Å². The van der Waals surface area contributed by atoms with Gasteiger partial charge in [0, 0.05) is 22.7 Å². The predicted molar refractivity (Wildman–Crippen MR) is 123 cm³/mol. The lowest BCUT2D eigenvalue weighted by molar-refractivity contribution is -0.137. The summed E-state index contributed by atoms with van der Waals surface area (Å²) in [6.45, 7) is 2.76. The molecule has 35 heavy (non-hydrogen) atoms. The summed E-state index contributed by atoms with van der Waals surface area (Å²) < 4.78 is 39.9. The van der Waals surface area contributed by atoms with Gasteiger partial charge in [-0.1, -0.05) is 25.5 Å². The number of nitrogens with one attached hydrogen (secondary N) is 3. The predicted octanol–water partition coefficient (Wildman–Crippen LogP) is 3.51. The molecule has 4 rings (SSSR count). The Morgan fingerprint density at radius 1 is 1.20 bits per heavy atom. The number of carbonyl (C=O) groups is 1. The summed E-state index contributed by atoms with van der Waals surface area (Å²) in [5.74, 6) is -0.0342. The minimum atomic E-state index is -4.74. The highest BCUT2D eigenvalue weighted by Gasteiger charge is 2.34. The number of fused-ring (bicyclic) bond motifs is 3. The topological polar surface area (TPSA) is 122 Å². The van der Waals surface area contributed by atoms with Crippen molar-refractivity contribution < 1.29 is 18.0 Å². The van der Waals surface area contributed by atoms with E-state index >= 15 is 0 Å². The van der Waals surface area contributed by atoms with Gasteiger partial charge in [0.2, 0.25) is 5.91 Å². The third-order valence-corrected chi connectivity index (χ3v) is 6.52. The van der Waals surface area contributed by atoms with E-state index in [1.54, 1.807) is 24.3 Å². The van der Waals surface area contributed by atoms with E-state index in [-0.39, 0.29) is 35.2 Å². The summed E-state index contributed by atoms with van der Waals surface area (Å²) in [6.07, 6.45) is -2.85. The van der Waals surface area contributed by atoms with Crippen LogP contribution in [0.1, 0.15) is 36.5 Å². The van der Waals surface area contributed by atoms with Crippen LogP contribution in [-0.2, 0) is 17.4 Å². The first-order valence-corrected chi connectivity index (χ1v) is 11.2. The van der Waals surface area contributed by atoms with Gasteiger partial charge >= 0.3 is 6.18 Å². The van der Waals surface area contributed by atoms with Gasteiger partial charge in [-0.3, -0.25) is 9.59 Å². The van der Waals surface area contributed by atoms with Crippen molar-refractivity contribution in [2.45, 2.75) is 44.4 Å². The van der Waals surface area contributed by atoms with Crippen molar-refractivity contribution in [1.29, 1.82) is 10.5 Å². The molecule has 1 aliphatic rings. The van der Waals surface area contributed by atoms with Gasteiger partial charge in [0.05, 0.1) is 29.3 Å². The average Bonchev–Trinajstić information content (AvgIpc) is 3.31. The molecule has 10 heteroatoms. The van der Waals surface area contributed by atoms with Gasteiger partial charge in [0.15, 0.2) is 0 Å². The van der Waals surface area contributed by atoms with E-state index < -0.39 is 28.9 Å². The Morgan fingerprint density at radius 3 is 2.63 bits per heavy atom. The van der Waals surface area contributed by atoms with Gasteiger partial charge in [-0.05, 0) is 48.0 Å². The molecule has 1 fully saturated rings. The van der Waals surface area contributed by atoms with E-state index in [9.17, 15) is 33.3 Å². The molecule has 1 amide bonds. The molecule has 3 atom stereocenters. The number of nitrogens with zero attached hydrogens (tertiary/aromatic N) is 2. The van der Waals surface area contributed by atoms with Crippen LogP contribution in [0, 0.1) is 28.6 Å². The molecule has 0 spiro atoms. The van der Waals surface area contributed by atoms with E-state index in [0.29, 0.717) is 16.3 Å². The van der Waals surface area contributed by atoms with Gasteiger partial charge in [-0.2, -0.15) is 23.7 Å². The summed E-state index contributed by atoms with van der Waals surface area (Å²) in [7, 11) is 0. The highest BCUT2D eigenvalue weighted by molar-refractivity contribution is 6.06. The highest BCUT2D eigenvalue weighted by atomic mass is 19.4. The number of rotatable bonds is 5. The summed E-state index contributed by atoms with van der Waals surface area (Å²) in [4.78, 5) is 27.8. The van der Waals surface area contributed by atoms with Crippen LogP contribution in [0.2, 0.25) is 0 Å². The van der Waals surface area contributed by atoms with Crippen molar-refractivity contribution in [2.24, 2.45) is 5.92 Å². The van der Waals surface area contributed by atoms with Crippen LogP contribution in [0.4, 0.5) is 13.2 Å². The van der Waals surface area contributed by atoms with Crippen LogP contribution in [0.15, 0.2) is 35.1 Å². The van der Waals surface area contributed by atoms with E-state index in [1.165, 1.54) is 0 Å². The summed E-state index contributed by atoms with van der Waals surface area (Å²) in [6, 6.07) is 9.16. The smallest absolute Gasteiger partial charge is 0.339 e. The monoisotopic (exact) mass is 481 g/mol. The summed E-state index contributed by atoms with van der Waals surface area (Å²) in [5.41, 5.74) is -1.67. The number of halogens is 3. The van der Waals surface area contributed by atoms with Crippen LogP contribution in [0.25, 0.3) is 21.7 Å². The fourth-order valence-electron chi connectivity index (χ4n) is 4.71. The SMILES string of the molecule is CC[C@H]1CCN[C@@H]1C(=O)NC(C#N)Cc1ccc2c(c1)c(=O)[nH]c1cc(C(F)(F)F)c(C#N)cc12. The summed E-state index contributed by atoms with van der Waals surface area (Å²) in [5, 5.41) is 25.6. The molecule has 0 saturated carbocycles. The lowest BCUT2D eigenvalue weighted by atomic mass is 9.96. The highest BCUT2D eigenvalue weighted by Crippen LogP contribution is 2.35. The van der Waals surface area contributed by atoms with Crippen molar-refractivity contribution in [3.8, 4) is 12.1 Å². The molecule has 1 saturated heterocycles. The van der Waals surface area contributed by atoms with Crippen molar-refractivity contribution in [3.05, 3.63) is 57.4 Å². The van der Waals surface area contributed by atoms with Crippen molar-refractivity contribution in [1.82, 2.24) is 15.6 Å². The lowest BCUT2D eigenvalue weighted by Gasteiger charge is -2.20. The fourth-order valence-corrected chi connectivity index (χ4v) is 4.71. The van der Waals surface area contributed by atoms with Crippen LogP contribution < -0.4 is 16.2 Å². The first-order valence-electron chi connectivity index (χ1n) is 11.2. The molecule has 1 aliphatic heterocycles. The van der Waals surface area contributed by atoms with Crippen molar-refractivity contribution in [2.75, 3.05) is 6.54 Å². The molecular weight excluding hydrogens is 459 g/mol. The van der Waals surface area contributed by atoms with E-state index in [2.05, 4.69) is 21.7 Å². The van der Waals surface area contributed by atoms with Crippen LogP contribution >= 0.6 is 0 Å². The third kappa shape index (κ3) is 4.71. The number of aromatic amines is 1. The standard InChI is InChI=1S/C25H22F3N5O2/c1-2-14-5-6-31-22(14)24(35)32-16(12-30)7-13-3-4-17-18-9-15(11-29)20(25(26,27)28)10-21(18)33-23(34)19(17)8-13/h3-4,8-10,14,16,22,31H,2,5-7H2,1H3,(H,32,35)(H,33,34)/t14-,16?,22-/m0/s1. The first kappa shape index (κ1) is 24.2. The van der Waals surface area contributed by atoms with Crippen molar-refractivity contribution >= 4 is 27.6 Å². The van der Waals surface area contributed by atoms with Gasteiger partial charge in [0.1, 0.15) is 6.04 Å². The zero-order valence-electron chi connectivity index (χ0n) is 18.8. The minimum Gasteiger partial charge on any atom is -0.339 e. The molecule has 0 aliphatic carbocycles. The number of hydrogen-bond donors (Lipinski definition) is 3. The average molecular weight is 481 g/mol. The van der Waals surface area contributed by atoms with Crippen LogP contribution in [0.3, 0.4) is 0 Å². The number of H-pyrrole nitrogens is 1. The van der Waals surface area contributed by atoms with E-state index in [4.69, 9.17) is 0 Å². The molecule has 180 valence electrons. The molecule has 2 aromatic carbocycles. The number of carbonyl (C=O) groups excluding carboxylic acids is 1. The van der Waals surface area contributed by atoms with Gasteiger partial charge in [-0.25, -0.2) is 0 Å². The normalized spacial score (nSPS) is 18.8. The second kappa shape index (κ2) is 9.40. The molecule has 1 unspecified atom stereocenters. The number of pyridine rings is 1. The number of aromatic nitrogens is 1. The Morgan fingerprint density at radius 2 is 1.97 bits per heavy atom. The number of nitriles is 2. The Kier molecular flexibility index (Phi) is 6.51. The molecule has 7 nitrogen and oxygen atoms in total. The summed E-state index contributed by atoms with van der Waals surface area (Å²) >= 11 is 0. The Bertz CT molecular complexity index is 1450. The second-order valence-corrected chi connectivity index (χ2v) is 8.67. The van der Waals surface area contributed by atoms with E-state index in [0.717, 1.165) is 31.5 Å². The Hall–Kier alpha value is -3.89. The minimum absolute atomic E-state index is 0.0294. The Labute approximate surface area is 198 Å². The maximum atomic E-state index is 13.3. The number of amides is 1. The fraction of sp³-hybridized carbons (Fsp3) is 0.360. The van der Waals surface area contributed by atoms with Crippen molar-refractivity contribution in [3.63, 3.8) is 0 Å². The molecule has 2 heterocycles. The molecule has 3 aromatic rings. The number of alkyl halides is 3. The maximum absolute atomic E-state index is 13.3. The number of benzene rings is 2. The third-order valence-electron chi connectivity index (χ3n) is 6.52. The largest absolute Gasteiger partial charge is 0.417 e. The molecule has 0 radical (unpaired) electrons. The van der Waals surface area contributed by atoms with Gasteiger partial charge < -0.3 is 15.6 Å². The second-order valence-electron chi connectivity index (χ2n) is 8.67. The quantitative estimate of drug-likeness (QED) is 0.482. The van der Waals surface area contributed by atoms with E-state index in [1.807, 2.05) is 6.92 Å². The first-order chi connectivity index (χ1) is 16.7. The van der Waals surface area contributed by atoms with Crippen LogP contribution in [0.5, 0.6) is 0 Å². The number of hydrogen-bond acceptors (Lipinski definition) is 5. The maximum Gasteiger partial charge on any atom is 0.417 e. The van der Waals surface area contributed by atoms with Crippen LogP contribution in [-0.4, -0.2) is 29.5 Å².